The molecule has 10 heteroatoms. The summed E-state index contributed by atoms with van der Waals surface area (Å²) in [6, 6.07) is 15.2. The number of nitrogens with zero attached hydrogens (tertiary/aromatic N) is 3. The topological polar surface area (TPSA) is 112 Å². The molecular formula is C22H20N4O4S2. The second-order valence-electron chi connectivity index (χ2n) is 7.14. The Balaban J connectivity index is 1.50. The highest BCUT2D eigenvalue weighted by atomic mass is 32.3. The van der Waals surface area contributed by atoms with Gasteiger partial charge in [0.1, 0.15) is 12.4 Å². The number of amides is 1. The molecule has 0 saturated heterocycles. The average Bonchev–Trinajstić information content (AvgIpc) is 3.21. The number of rotatable bonds is 5. The van der Waals surface area contributed by atoms with Crippen LogP contribution in [-0.2, 0) is 21.2 Å². The van der Waals surface area contributed by atoms with E-state index in [4.69, 9.17) is 10.1 Å². The predicted octanol–water partition coefficient (Wildman–Crippen LogP) is 3.59. The van der Waals surface area contributed by atoms with Crippen molar-refractivity contribution in [1.29, 1.82) is 5.41 Å². The van der Waals surface area contributed by atoms with Crippen LogP contribution < -0.4 is 4.74 Å². The van der Waals surface area contributed by atoms with Gasteiger partial charge in [0.25, 0.3) is 5.91 Å². The number of aliphatic imine (C=N–C) groups is 1. The van der Waals surface area contributed by atoms with Crippen molar-refractivity contribution in [3.8, 4) is 5.75 Å². The molecule has 2 aromatic rings. The van der Waals surface area contributed by atoms with Gasteiger partial charge in [-0.1, -0.05) is 48.9 Å². The molecule has 0 atom stereocenters. The van der Waals surface area contributed by atoms with Crippen LogP contribution >= 0.6 is 11.8 Å². The Labute approximate surface area is 190 Å². The minimum absolute atomic E-state index is 0.0293. The summed E-state index contributed by atoms with van der Waals surface area (Å²) in [4.78, 5) is 16.4. The van der Waals surface area contributed by atoms with Crippen LogP contribution in [0.25, 0.3) is 6.08 Å². The first-order valence-electron chi connectivity index (χ1n) is 9.78. The van der Waals surface area contributed by atoms with Crippen molar-refractivity contribution in [3.63, 3.8) is 0 Å². The van der Waals surface area contributed by atoms with Crippen LogP contribution in [0.2, 0.25) is 0 Å². The fourth-order valence-electron chi connectivity index (χ4n) is 3.02. The maximum atomic E-state index is 12.5. The molecule has 0 spiro atoms. The van der Waals surface area contributed by atoms with Gasteiger partial charge in [0.2, 0.25) is 19.4 Å². The van der Waals surface area contributed by atoms with E-state index in [2.05, 4.69) is 16.2 Å². The molecule has 2 aromatic carbocycles. The third-order valence-electron chi connectivity index (χ3n) is 4.76. The predicted molar refractivity (Wildman–Crippen MR) is 126 cm³/mol. The van der Waals surface area contributed by atoms with Gasteiger partial charge in [-0.15, -0.1) is 5.10 Å². The molecule has 32 heavy (non-hydrogen) atoms. The van der Waals surface area contributed by atoms with Gasteiger partial charge in [-0.2, -0.15) is 10.0 Å². The fourth-order valence-corrected chi connectivity index (χ4v) is 5.18. The summed E-state index contributed by atoms with van der Waals surface area (Å²) >= 11 is 0.781. The first-order valence-corrected chi connectivity index (χ1v) is 12.2. The van der Waals surface area contributed by atoms with Gasteiger partial charge < -0.3 is 4.74 Å². The number of hydrazone groups is 1. The van der Waals surface area contributed by atoms with Crippen LogP contribution in [0.4, 0.5) is 0 Å². The monoisotopic (exact) mass is 468 g/mol. The van der Waals surface area contributed by atoms with E-state index in [1.54, 1.807) is 24.3 Å². The van der Waals surface area contributed by atoms with E-state index in [0.717, 1.165) is 22.3 Å². The summed E-state index contributed by atoms with van der Waals surface area (Å²) in [5.74, 6) is -0.274. The number of hydrogen-bond acceptors (Lipinski definition) is 7. The smallest absolute Gasteiger partial charge is 0.283 e. The Morgan fingerprint density at radius 2 is 1.94 bits per heavy atom. The lowest BCUT2D eigenvalue weighted by Crippen LogP contribution is -2.35. The Hall–Kier alpha value is -3.24. The third-order valence-corrected chi connectivity index (χ3v) is 7.85. The summed E-state index contributed by atoms with van der Waals surface area (Å²) in [6.07, 6.45) is 1.53. The summed E-state index contributed by atoms with van der Waals surface area (Å²) < 4.78 is 29.8. The van der Waals surface area contributed by atoms with Crippen molar-refractivity contribution in [3.05, 3.63) is 70.8 Å². The number of sulfone groups is 1. The fraction of sp³-hybridized carbons (Fsp3) is 0.182. The van der Waals surface area contributed by atoms with Gasteiger partial charge in [-0.25, -0.2) is 8.42 Å². The van der Waals surface area contributed by atoms with Crippen molar-refractivity contribution >= 4 is 49.0 Å². The molecular weight excluding hydrogens is 448 g/mol. The molecule has 1 N–H and O–H groups in total. The number of carbonyl (C=O) groups excluding carboxylic acids is 1. The van der Waals surface area contributed by atoms with Crippen LogP contribution in [0.15, 0.2) is 64.2 Å². The third kappa shape index (κ3) is 4.51. The van der Waals surface area contributed by atoms with Crippen molar-refractivity contribution < 1.29 is 17.9 Å². The van der Waals surface area contributed by atoms with Crippen molar-refractivity contribution in [2.45, 2.75) is 20.5 Å². The van der Waals surface area contributed by atoms with Crippen LogP contribution in [-0.4, -0.2) is 40.5 Å². The van der Waals surface area contributed by atoms with E-state index in [-0.39, 0.29) is 26.7 Å². The summed E-state index contributed by atoms with van der Waals surface area (Å²) in [7, 11) is -3.56. The van der Waals surface area contributed by atoms with E-state index in [9.17, 15) is 13.2 Å². The van der Waals surface area contributed by atoms with Crippen LogP contribution in [0, 0.1) is 12.3 Å². The molecule has 8 nitrogen and oxygen atoms in total. The maximum Gasteiger partial charge on any atom is 0.283 e. The first kappa shape index (κ1) is 22.0. The minimum Gasteiger partial charge on any atom is -0.489 e. The first-order chi connectivity index (χ1) is 15.3. The lowest BCUT2D eigenvalue weighted by Gasteiger charge is -2.20. The Bertz CT molecular complexity index is 1300. The molecule has 164 valence electrons. The second-order valence-corrected chi connectivity index (χ2v) is 10.5. The standard InChI is InChI=1S/C22H20N4O4S2/c1-3-32(28,29)22-25-26-19(23)18(20(27)24-21(26)31-22)12-15-7-9-17(10-8-15)30-13-16-6-4-5-14(2)11-16/h4-12,23H,3,13H2,1-2H3/b18-12-,23-19?. The molecule has 0 fully saturated rings. The molecule has 0 aromatic heterocycles. The van der Waals surface area contributed by atoms with E-state index in [1.165, 1.54) is 18.6 Å². The van der Waals surface area contributed by atoms with Gasteiger partial charge in [0, 0.05) is 0 Å². The molecule has 0 bridgehead atoms. The van der Waals surface area contributed by atoms with Gasteiger partial charge in [-0.05, 0) is 48.0 Å². The SMILES string of the molecule is CCS(=O)(=O)C1=NN2C(=N)/C(=C/c3ccc(OCc4cccc(C)c4)cc3)C(=O)N=C2S1. The Kier molecular flexibility index (Phi) is 5.98. The molecule has 0 saturated carbocycles. The van der Waals surface area contributed by atoms with Crippen LogP contribution in [0.1, 0.15) is 23.6 Å². The highest BCUT2D eigenvalue weighted by molar-refractivity contribution is 8.42. The number of thioether (sulfide) groups is 1. The number of nitrogens with one attached hydrogen (secondary N) is 1. The number of fused-ring (bicyclic) bond motifs is 1. The molecule has 2 heterocycles. The number of carbonyl (C=O) groups is 1. The number of benzene rings is 2. The van der Waals surface area contributed by atoms with Crippen molar-refractivity contribution in [2.75, 3.05) is 5.75 Å². The zero-order valence-electron chi connectivity index (χ0n) is 17.4. The van der Waals surface area contributed by atoms with Crippen molar-refractivity contribution in [1.82, 2.24) is 5.01 Å². The summed E-state index contributed by atoms with van der Waals surface area (Å²) in [5, 5.41) is 13.5. The van der Waals surface area contributed by atoms with E-state index < -0.39 is 15.7 Å². The number of hydrogen-bond donors (Lipinski definition) is 1. The lowest BCUT2D eigenvalue weighted by atomic mass is 10.1. The van der Waals surface area contributed by atoms with E-state index in [1.807, 2.05) is 25.1 Å². The number of aryl methyl sites for hydroxylation is 1. The average molecular weight is 469 g/mol. The minimum atomic E-state index is -3.56. The van der Waals surface area contributed by atoms with Crippen molar-refractivity contribution in [2.24, 2.45) is 10.1 Å². The van der Waals surface area contributed by atoms with E-state index >= 15 is 0 Å². The van der Waals surface area contributed by atoms with Crippen LogP contribution in [0.5, 0.6) is 5.75 Å². The molecule has 4 rings (SSSR count). The normalized spacial score (nSPS) is 17.3. The van der Waals surface area contributed by atoms with Crippen LogP contribution in [0.3, 0.4) is 0 Å². The molecule has 2 aliphatic heterocycles. The lowest BCUT2D eigenvalue weighted by molar-refractivity contribution is -0.114. The van der Waals surface area contributed by atoms with Gasteiger partial charge in [0.05, 0.1) is 11.3 Å². The molecule has 0 aliphatic carbocycles. The van der Waals surface area contributed by atoms with Gasteiger partial charge >= 0.3 is 0 Å². The summed E-state index contributed by atoms with van der Waals surface area (Å²) in [5.41, 5.74) is 2.94. The highest BCUT2D eigenvalue weighted by Gasteiger charge is 2.39. The maximum absolute atomic E-state index is 12.5. The van der Waals surface area contributed by atoms with E-state index in [0.29, 0.717) is 17.9 Å². The quantitative estimate of drug-likeness (QED) is 0.671. The number of ether oxygens (including phenoxy) is 1. The highest BCUT2D eigenvalue weighted by Crippen LogP contribution is 2.30. The molecule has 0 radical (unpaired) electrons. The molecule has 0 unspecified atom stereocenters. The largest absolute Gasteiger partial charge is 0.489 e. The molecule has 2 aliphatic rings. The number of amidine groups is 2. The zero-order chi connectivity index (χ0) is 22.9. The Morgan fingerprint density at radius 3 is 2.62 bits per heavy atom. The second kappa shape index (κ2) is 8.71. The Morgan fingerprint density at radius 1 is 1.19 bits per heavy atom. The van der Waals surface area contributed by atoms with Gasteiger partial charge in [0.15, 0.2) is 5.84 Å². The molecule has 1 amide bonds. The van der Waals surface area contributed by atoms with Gasteiger partial charge in [-0.3, -0.25) is 10.2 Å². The zero-order valence-corrected chi connectivity index (χ0v) is 19.0. The summed E-state index contributed by atoms with van der Waals surface area (Å²) in [6.45, 7) is 3.97.